The van der Waals surface area contributed by atoms with Crippen molar-refractivity contribution in [1.29, 1.82) is 0 Å². The van der Waals surface area contributed by atoms with Crippen molar-refractivity contribution in [2.24, 2.45) is 0 Å². The first-order valence-corrected chi connectivity index (χ1v) is 8.47. The molecular weight excluding hydrogens is 336 g/mol. The van der Waals surface area contributed by atoms with Crippen LogP contribution in [0.5, 0.6) is 5.75 Å². The summed E-state index contributed by atoms with van der Waals surface area (Å²) in [5.74, 6) is 1.40. The van der Waals surface area contributed by atoms with E-state index >= 15 is 0 Å². The van der Waals surface area contributed by atoms with E-state index in [1.54, 1.807) is 19.1 Å². The number of urea groups is 1. The van der Waals surface area contributed by atoms with E-state index < -0.39 is 0 Å². The minimum atomic E-state index is -0.230. The number of ether oxygens (including phenoxy) is 1. The molecule has 0 fully saturated rings. The van der Waals surface area contributed by atoms with Gasteiger partial charge in [0.1, 0.15) is 5.75 Å². The number of rotatable bonds is 5. The van der Waals surface area contributed by atoms with Crippen molar-refractivity contribution in [2.75, 3.05) is 19.5 Å². The van der Waals surface area contributed by atoms with E-state index in [1.807, 2.05) is 54.6 Å². The largest absolute Gasteiger partial charge is 0.497 e. The van der Waals surface area contributed by atoms with Crippen molar-refractivity contribution in [1.82, 2.24) is 14.3 Å². The molecule has 2 amide bonds. The standard InChI is InChI=1S/C18H18N4O2S/c1-22(12-13-8-10-15(24-2)11-9-13)18(23)20-17-19-16(21-25-17)14-6-4-3-5-7-14/h3-11H,12H2,1-2H3,(H,19,20,21,23). The van der Waals surface area contributed by atoms with Crippen molar-refractivity contribution in [3.63, 3.8) is 0 Å². The number of nitrogens with zero attached hydrogens (tertiary/aromatic N) is 3. The zero-order valence-corrected chi connectivity index (χ0v) is 14.8. The Hall–Kier alpha value is -2.93. The molecule has 0 aliphatic carbocycles. The Bertz CT molecular complexity index is 834. The van der Waals surface area contributed by atoms with Gasteiger partial charge in [-0.15, -0.1) is 0 Å². The highest BCUT2D eigenvalue weighted by atomic mass is 32.1. The summed E-state index contributed by atoms with van der Waals surface area (Å²) in [7, 11) is 3.36. The van der Waals surface area contributed by atoms with Gasteiger partial charge in [-0.1, -0.05) is 42.5 Å². The molecule has 0 unspecified atom stereocenters. The summed E-state index contributed by atoms with van der Waals surface area (Å²) >= 11 is 1.17. The maximum Gasteiger partial charge on any atom is 0.323 e. The lowest BCUT2D eigenvalue weighted by atomic mass is 10.2. The van der Waals surface area contributed by atoms with Gasteiger partial charge in [0.15, 0.2) is 5.82 Å². The van der Waals surface area contributed by atoms with Gasteiger partial charge in [-0.2, -0.15) is 9.36 Å². The Labute approximate surface area is 150 Å². The lowest BCUT2D eigenvalue weighted by Gasteiger charge is -2.17. The molecule has 128 valence electrons. The molecule has 2 aromatic carbocycles. The molecule has 6 nitrogen and oxygen atoms in total. The molecule has 0 aliphatic heterocycles. The molecule has 0 atom stereocenters. The van der Waals surface area contributed by atoms with Crippen molar-refractivity contribution >= 4 is 22.7 Å². The molecule has 3 aromatic rings. The van der Waals surface area contributed by atoms with Crippen molar-refractivity contribution < 1.29 is 9.53 Å². The minimum absolute atomic E-state index is 0.230. The zero-order valence-electron chi connectivity index (χ0n) is 14.0. The van der Waals surface area contributed by atoms with Crippen LogP contribution in [0, 0.1) is 0 Å². The molecule has 0 bridgehead atoms. The summed E-state index contributed by atoms with van der Waals surface area (Å²) in [6.45, 7) is 0.486. The SMILES string of the molecule is COc1ccc(CN(C)C(=O)Nc2nc(-c3ccccc3)ns2)cc1. The fourth-order valence-corrected chi connectivity index (χ4v) is 2.82. The Morgan fingerprint density at radius 3 is 2.56 bits per heavy atom. The average molecular weight is 354 g/mol. The van der Waals surface area contributed by atoms with Crippen LogP contribution in [-0.4, -0.2) is 34.4 Å². The maximum atomic E-state index is 12.3. The monoisotopic (exact) mass is 354 g/mol. The number of carbonyl (C=O) groups excluding carboxylic acids is 1. The van der Waals surface area contributed by atoms with Gasteiger partial charge in [-0.3, -0.25) is 5.32 Å². The van der Waals surface area contributed by atoms with Gasteiger partial charge in [0.05, 0.1) is 7.11 Å². The number of aromatic nitrogens is 2. The first-order chi connectivity index (χ1) is 12.2. The second-order valence-electron chi connectivity index (χ2n) is 5.42. The van der Waals surface area contributed by atoms with Gasteiger partial charge in [0, 0.05) is 30.7 Å². The number of carbonyl (C=O) groups is 1. The first-order valence-electron chi connectivity index (χ1n) is 7.70. The lowest BCUT2D eigenvalue weighted by molar-refractivity contribution is 0.220. The molecule has 7 heteroatoms. The normalized spacial score (nSPS) is 10.3. The third-order valence-corrected chi connectivity index (χ3v) is 4.23. The highest BCUT2D eigenvalue weighted by Gasteiger charge is 2.13. The maximum absolute atomic E-state index is 12.3. The number of hydrogen-bond acceptors (Lipinski definition) is 5. The van der Waals surface area contributed by atoms with Crippen LogP contribution in [0.15, 0.2) is 54.6 Å². The number of nitrogens with one attached hydrogen (secondary N) is 1. The first kappa shape index (κ1) is 16.9. The quantitative estimate of drug-likeness (QED) is 0.755. The van der Waals surface area contributed by atoms with Gasteiger partial charge in [-0.25, -0.2) is 4.79 Å². The van der Waals surface area contributed by atoms with Gasteiger partial charge >= 0.3 is 6.03 Å². The molecule has 0 radical (unpaired) electrons. The number of methoxy groups -OCH3 is 1. The van der Waals surface area contributed by atoms with Crippen molar-refractivity contribution in [3.8, 4) is 17.1 Å². The van der Waals surface area contributed by atoms with Crippen LogP contribution < -0.4 is 10.1 Å². The van der Waals surface area contributed by atoms with E-state index in [-0.39, 0.29) is 6.03 Å². The van der Waals surface area contributed by atoms with Crippen LogP contribution in [-0.2, 0) is 6.54 Å². The lowest BCUT2D eigenvalue weighted by Crippen LogP contribution is -2.30. The molecule has 0 saturated carbocycles. The van der Waals surface area contributed by atoms with Crippen LogP contribution in [0.3, 0.4) is 0 Å². The minimum Gasteiger partial charge on any atom is -0.497 e. The second kappa shape index (κ2) is 7.76. The number of hydrogen-bond donors (Lipinski definition) is 1. The molecule has 0 aliphatic rings. The summed E-state index contributed by atoms with van der Waals surface area (Å²) in [5.41, 5.74) is 1.94. The molecule has 25 heavy (non-hydrogen) atoms. The summed E-state index contributed by atoms with van der Waals surface area (Å²) in [4.78, 5) is 18.3. The van der Waals surface area contributed by atoms with Gasteiger partial charge in [0.2, 0.25) is 5.13 Å². The van der Waals surface area contributed by atoms with Crippen LogP contribution >= 0.6 is 11.5 Å². The second-order valence-corrected chi connectivity index (χ2v) is 6.18. The average Bonchev–Trinajstić information content (AvgIpc) is 3.11. The Balaban J connectivity index is 1.60. The molecule has 1 heterocycles. The van der Waals surface area contributed by atoms with Gasteiger partial charge in [-0.05, 0) is 17.7 Å². The van der Waals surface area contributed by atoms with Crippen LogP contribution in [0.25, 0.3) is 11.4 Å². The van der Waals surface area contributed by atoms with E-state index in [0.29, 0.717) is 17.5 Å². The smallest absolute Gasteiger partial charge is 0.323 e. The summed E-state index contributed by atoms with van der Waals surface area (Å²) in [5, 5.41) is 3.26. The fraction of sp³-hybridized carbons (Fsp3) is 0.167. The Morgan fingerprint density at radius 1 is 1.16 bits per heavy atom. The topological polar surface area (TPSA) is 67.3 Å². The molecular formula is C18H18N4O2S. The number of amides is 2. The summed E-state index contributed by atoms with van der Waals surface area (Å²) < 4.78 is 9.42. The summed E-state index contributed by atoms with van der Waals surface area (Å²) in [6, 6.07) is 17.0. The van der Waals surface area contributed by atoms with Crippen LogP contribution in [0.2, 0.25) is 0 Å². The Kier molecular flexibility index (Phi) is 5.25. The van der Waals surface area contributed by atoms with E-state index in [9.17, 15) is 4.79 Å². The predicted octanol–water partition coefficient (Wildman–Crippen LogP) is 3.88. The fourth-order valence-electron chi connectivity index (χ4n) is 2.24. The molecule has 0 saturated heterocycles. The third kappa shape index (κ3) is 4.33. The highest BCUT2D eigenvalue weighted by Crippen LogP contribution is 2.21. The number of benzene rings is 2. The molecule has 0 spiro atoms. The number of anilines is 1. The Morgan fingerprint density at radius 2 is 1.88 bits per heavy atom. The van der Waals surface area contributed by atoms with Crippen molar-refractivity contribution in [2.45, 2.75) is 6.54 Å². The third-order valence-electron chi connectivity index (χ3n) is 3.60. The van der Waals surface area contributed by atoms with E-state index in [2.05, 4.69) is 14.7 Å². The van der Waals surface area contributed by atoms with Gasteiger partial charge in [0.25, 0.3) is 0 Å². The summed E-state index contributed by atoms with van der Waals surface area (Å²) in [6.07, 6.45) is 0. The molecule has 3 rings (SSSR count). The van der Waals surface area contributed by atoms with Crippen LogP contribution in [0.1, 0.15) is 5.56 Å². The van der Waals surface area contributed by atoms with E-state index in [0.717, 1.165) is 16.9 Å². The molecule has 1 aromatic heterocycles. The van der Waals surface area contributed by atoms with E-state index in [4.69, 9.17) is 4.74 Å². The zero-order chi connectivity index (χ0) is 17.6. The molecule has 1 N–H and O–H groups in total. The van der Waals surface area contributed by atoms with E-state index in [1.165, 1.54) is 11.5 Å². The van der Waals surface area contributed by atoms with Gasteiger partial charge < -0.3 is 9.64 Å². The predicted molar refractivity (Wildman–Crippen MR) is 98.8 cm³/mol. The van der Waals surface area contributed by atoms with Crippen LogP contribution in [0.4, 0.5) is 9.93 Å². The highest BCUT2D eigenvalue weighted by molar-refractivity contribution is 7.10. The van der Waals surface area contributed by atoms with Crippen molar-refractivity contribution in [3.05, 3.63) is 60.2 Å².